The zero-order valence-electron chi connectivity index (χ0n) is 34.5. The molecule has 0 aliphatic carbocycles. The Bertz CT molecular complexity index is 2260. The Labute approximate surface area is 368 Å². The lowest BCUT2D eigenvalue weighted by atomic mass is 9.95. The molecule has 4 atom stereocenters. The van der Waals surface area contributed by atoms with Gasteiger partial charge in [0, 0.05) is 35.9 Å². The van der Waals surface area contributed by atoms with E-state index in [4.69, 9.17) is 22.6 Å². The van der Waals surface area contributed by atoms with Crippen LogP contribution in [0.4, 0.5) is 5.82 Å². The Hall–Kier alpha value is -7.15. The third-order valence-corrected chi connectivity index (χ3v) is 10.1. The number of Topliss-reactive ketones (excluding diaryl/α,β-unsaturated/α-hetero) is 1. The van der Waals surface area contributed by atoms with Gasteiger partial charge >= 0.3 is 5.97 Å². The van der Waals surface area contributed by atoms with Gasteiger partial charge in [-0.3, -0.25) is 48.9 Å². The van der Waals surface area contributed by atoms with Crippen molar-refractivity contribution in [1.29, 1.82) is 5.41 Å². The lowest BCUT2D eigenvalue weighted by Crippen LogP contribution is -2.57. The summed E-state index contributed by atoms with van der Waals surface area (Å²) in [6.07, 6.45) is 2.86. The maximum Gasteiger partial charge on any atom is 0.305 e. The molecule has 24 heteroatoms. The second-order valence-electron chi connectivity index (χ2n) is 14.1. The first-order valence-corrected chi connectivity index (χ1v) is 21.2. The SMILES string of the molecule is N=C(N)NCCC[C@H](N)C(=O)NCC(=O)N[C@@H](CC(=O)O)C(=O)N[C@H](Cc1ccccc1)C(=O)N[C@@H](CCCCN)C(=O)c1cccc(S(=O)(=O)O)c1C=NNc1ccc(C=O)cn1. The average Bonchev–Trinajstić information content (AvgIpc) is 3.25. The van der Waals surface area contributed by atoms with Crippen molar-refractivity contribution in [3.05, 3.63) is 89.1 Å². The Morgan fingerprint density at radius 2 is 1.55 bits per heavy atom. The van der Waals surface area contributed by atoms with E-state index in [1.807, 2.05) is 0 Å². The fourth-order valence-corrected chi connectivity index (χ4v) is 6.67. The number of carboxylic acids is 1. The maximum atomic E-state index is 14.4. The molecule has 0 aliphatic rings. The fourth-order valence-electron chi connectivity index (χ4n) is 5.98. The zero-order valence-corrected chi connectivity index (χ0v) is 35.3. The summed E-state index contributed by atoms with van der Waals surface area (Å²) < 4.78 is 35.1. The number of carbonyl (C=O) groups is 7. The third kappa shape index (κ3) is 17.3. The molecule has 64 heavy (non-hydrogen) atoms. The number of carboxylic acid groups (broad SMARTS) is 1. The lowest BCUT2D eigenvalue weighted by Gasteiger charge is -2.25. The van der Waals surface area contributed by atoms with Crippen LogP contribution in [0.1, 0.15) is 70.4 Å². The molecule has 0 radical (unpaired) electrons. The summed E-state index contributed by atoms with van der Waals surface area (Å²) in [4.78, 5) is 93.8. The maximum absolute atomic E-state index is 14.4. The van der Waals surface area contributed by atoms with E-state index in [0.717, 1.165) is 12.3 Å². The van der Waals surface area contributed by atoms with Crippen molar-refractivity contribution in [3.63, 3.8) is 0 Å². The van der Waals surface area contributed by atoms with Gasteiger partial charge in [-0.05, 0) is 62.4 Å². The molecule has 0 saturated heterocycles. The molecule has 3 aromatic rings. The number of unbranched alkanes of at least 4 members (excludes halogenated alkanes) is 1. The quantitative estimate of drug-likeness (QED) is 0.00811. The van der Waals surface area contributed by atoms with Crippen LogP contribution in [0.5, 0.6) is 0 Å². The van der Waals surface area contributed by atoms with Crippen LogP contribution in [0, 0.1) is 5.41 Å². The molecule has 0 bridgehead atoms. The summed E-state index contributed by atoms with van der Waals surface area (Å²) in [6, 6.07) is 8.99. The number of pyridine rings is 1. The first-order valence-electron chi connectivity index (χ1n) is 19.8. The molecule has 3 rings (SSSR count). The summed E-state index contributed by atoms with van der Waals surface area (Å²) in [7, 11) is -4.96. The van der Waals surface area contributed by atoms with Crippen molar-refractivity contribution in [1.82, 2.24) is 31.6 Å². The van der Waals surface area contributed by atoms with Gasteiger partial charge in [-0.2, -0.15) is 13.5 Å². The van der Waals surface area contributed by atoms with E-state index in [2.05, 4.69) is 42.1 Å². The summed E-state index contributed by atoms with van der Waals surface area (Å²) in [5.74, 6) is -6.11. The molecule has 2 aromatic carbocycles. The third-order valence-electron chi connectivity index (χ3n) is 9.20. The van der Waals surface area contributed by atoms with Gasteiger partial charge in [-0.15, -0.1) is 0 Å². The number of hydrogen-bond donors (Lipinski definition) is 12. The number of hydrogen-bond acceptors (Lipinski definition) is 15. The minimum Gasteiger partial charge on any atom is -0.481 e. The minimum atomic E-state index is -4.96. The number of aromatic nitrogens is 1. The van der Waals surface area contributed by atoms with Gasteiger partial charge in [0.2, 0.25) is 23.6 Å². The second kappa shape index (κ2) is 25.7. The number of aliphatic carboxylic acids is 1. The van der Waals surface area contributed by atoms with Gasteiger partial charge < -0.3 is 48.9 Å². The van der Waals surface area contributed by atoms with Crippen LogP contribution < -0.4 is 49.2 Å². The largest absolute Gasteiger partial charge is 0.481 e. The molecule has 23 nitrogen and oxygen atoms in total. The molecule has 15 N–H and O–H groups in total. The smallest absolute Gasteiger partial charge is 0.305 e. The summed E-state index contributed by atoms with van der Waals surface area (Å²) in [5, 5.41) is 33.0. The van der Waals surface area contributed by atoms with Crippen LogP contribution in [-0.4, -0.2) is 121 Å². The number of hydrazone groups is 1. The standard InChI is InChI=1S/C40H52N12O11S/c41-16-5-4-12-29(36(57)26-10-6-13-32(64(61,62)63)27(26)21-48-52-33-15-14-25(23-53)20-46-33)50-38(59)30(18-24-8-2-1-3-9-24)51-39(60)31(19-35(55)56)49-34(54)22-47-37(58)28(42)11-7-17-45-40(43)44/h1-3,6,8-10,13-15,20-21,23,28-31H,4-5,7,11-12,16-19,22,41-42H2,(H,46,52)(H,47,58)(H,49,54)(H,50,59)(H,51,60)(H,55,56)(H4,43,44,45)(H,61,62,63)/t28-,29-,30+,31-/m0/s1. The monoisotopic (exact) mass is 908 g/mol. The van der Waals surface area contributed by atoms with Gasteiger partial charge in [-0.1, -0.05) is 42.5 Å². The Morgan fingerprint density at radius 3 is 2.17 bits per heavy atom. The number of guanidine groups is 1. The van der Waals surface area contributed by atoms with E-state index >= 15 is 0 Å². The highest BCUT2D eigenvalue weighted by Gasteiger charge is 2.32. The summed E-state index contributed by atoms with van der Waals surface area (Å²) >= 11 is 0. The van der Waals surface area contributed by atoms with E-state index in [1.165, 1.54) is 30.5 Å². The molecule has 0 saturated carbocycles. The zero-order chi connectivity index (χ0) is 47.2. The number of nitrogens with two attached hydrogens (primary N) is 3. The number of ketones is 1. The molecule has 0 fully saturated rings. The van der Waals surface area contributed by atoms with E-state index in [-0.39, 0.29) is 60.8 Å². The number of benzene rings is 2. The molecule has 344 valence electrons. The van der Waals surface area contributed by atoms with E-state index < -0.39 is 87.5 Å². The van der Waals surface area contributed by atoms with E-state index in [1.54, 1.807) is 30.3 Å². The molecule has 1 heterocycles. The second-order valence-corrected chi connectivity index (χ2v) is 15.5. The predicted molar refractivity (Wildman–Crippen MR) is 233 cm³/mol. The van der Waals surface area contributed by atoms with E-state index in [9.17, 15) is 51.6 Å². The van der Waals surface area contributed by atoms with Crippen molar-refractivity contribution in [3.8, 4) is 0 Å². The van der Waals surface area contributed by atoms with Gasteiger partial charge in [0.25, 0.3) is 10.1 Å². The predicted octanol–water partition coefficient (Wildman–Crippen LogP) is -1.22. The number of aldehydes is 1. The van der Waals surface area contributed by atoms with Crippen LogP contribution in [0.25, 0.3) is 0 Å². The van der Waals surface area contributed by atoms with Crippen LogP contribution in [0.3, 0.4) is 0 Å². The number of nitrogens with one attached hydrogen (secondary N) is 7. The molecule has 0 spiro atoms. The van der Waals surface area contributed by atoms with Crippen LogP contribution in [0.2, 0.25) is 0 Å². The van der Waals surface area contributed by atoms with E-state index in [0.29, 0.717) is 31.1 Å². The minimum absolute atomic E-state index is 0.0336. The molecular formula is C40H52N12O11S. The number of rotatable bonds is 27. The Balaban J connectivity index is 1.90. The van der Waals surface area contributed by atoms with Crippen molar-refractivity contribution in [2.45, 2.75) is 74.0 Å². The van der Waals surface area contributed by atoms with Gasteiger partial charge in [0.1, 0.15) is 22.8 Å². The number of anilines is 1. The Morgan fingerprint density at radius 1 is 0.844 bits per heavy atom. The highest BCUT2D eigenvalue weighted by Crippen LogP contribution is 2.22. The summed E-state index contributed by atoms with van der Waals surface area (Å²) in [6.45, 7) is -0.190. The molecule has 4 amide bonds. The number of carbonyl (C=O) groups excluding carboxylic acids is 6. The van der Waals surface area contributed by atoms with Crippen molar-refractivity contribution < 1.29 is 51.6 Å². The summed E-state index contributed by atoms with van der Waals surface area (Å²) in [5.41, 5.74) is 19.5. The first-order chi connectivity index (χ1) is 30.4. The highest BCUT2D eigenvalue weighted by molar-refractivity contribution is 7.86. The van der Waals surface area contributed by atoms with Gasteiger partial charge in [0.15, 0.2) is 18.0 Å². The normalized spacial score (nSPS) is 13.0. The molecule has 1 aromatic heterocycles. The average molecular weight is 909 g/mol. The fraction of sp³-hybridized carbons (Fsp3) is 0.350. The number of nitrogens with zero attached hydrogens (tertiary/aromatic N) is 2. The Kier molecular flexibility index (Phi) is 20.6. The topological polar surface area (TPSA) is 393 Å². The first kappa shape index (κ1) is 51.2. The van der Waals surface area contributed by atoms with Gasteiger partial charge in [-0.25, -0.2) is 4.98 Å². The molecule has 0 unspecified atom stereocenters. The van der Waals surface area contributed by atoms with Crippen LogP contribution in [-0.2, 0) is 40.5 Å². The lowest BCUT2D eigenvalue weighted by molar-refractivity contribution is -0.141. The molecular weight excluding hydrogens is 857 g/mol. The highest BCUT2D eigenvalue weighted by atomic mass is 32.2. The van der Waals surface area contributed by atoms with Crippen LogP contribution in [0.15, 0.2) is 76.9 Å². The van der Waals surface area contributed by atoms with Crippen molar-refractivity contribution in [2.75, 3.05) is 25.1 Å². The van der Waals surface area contributed by atoms with Crippen molar-refractivity contribution in [2.24, 2.45) is 22.3 Å². The van der Waals surface area contributed by atoms with Gasteiger partial charge in [0.05, 0.1) is 31.3 Å². The molecule has 0 aliphatic heterocycles. The van der Waals surface area contributed by atoms with Crippen LogP contribution >= 0.6 is 0 Å². The number of amides is 4. The van der Waals surface area contributed by atoms with Crippen molar-refractivity contribution >= 4 is 69.8 Å².